The highest BCUT2D eigenvalue weighted by atomic mass is 32.2. The summed E-state index contributed by atoms with van der Waals surface area (Å²) >= 11 is 0. The molecule has 132 valence electrons. The SMILES string of the molecule is O=[N+]([O-])c1ccc(S(=O)(=O)NC[C@H]2O[B-](O)(O)c3ccccc32)cc1. The molecule has 9 nitrogen and oxygen atoms in total. The van der Waals surface area contributed by atoms with Crippen LogP contribution in [0, 0.1) is 10.1 Å². The number of non-ortho nitro benzene ring substituents is 1. The topological polar surface area (TPSA) is 139 Å². The lowest BCUT2D eigenvalue weighted by molar-refractivity contribution is -0.384. The Bertz CT molecular complexity index is 915. The number of fused-ring (bicyclic) bond motifs is 1. The fourth-order valence-corrected chi connectivity index (χ4v) is 3.73. The van der Waals surface area contributed by atoms with Crippen LogP contribution in [0.1, 0.15) is 11.7 Å². The van der Waals surface area contributed by atoms with Crippen molar-refractivity contribution in [3.63, 3.8) is 0 Å². The van der Waals surface area contributed by atoms with Gasteiger partial charge in [-0.05, 0) is 17.7 Å². The molecule has 1 aliphatic heterocycles. The van der Waals surface area contributed by atoms with Gasteiger partial charge in [0.1, 0.15) is 0 Å². The van der Waals surface area contributed by atoms with Crippen molar-refractivity contribution in [3.8, 4) is 0 Å². The fourth-order valence-electron chi connectivity index (χ4n) is 2.70. The number of nitrogens with zero attached hydrogens (tertiary/aromatic N) is 1. The zero-order chi connectivity index (χ0) is 18.2. The highest BCUT2D eigenvalue weighted by Crippen LogP contribution is 2.27. The van der Waals surface area contributed by atoms with Crippen LogP contribution in [0.5, 0.6) is 0 Å². The number of sulfonamides is 1. The zero-order valence-electron chi connectivity index (χ0n) is 12.8. The molecule has 0 bridgehead atoms. The number of benzene rings is 2. The molecule has 2 aromatic carbocycles. The molecular weight excluding hydrogens is 351 g/mol. The summed E-state index contributed by atoms with van der Waals surface area (Å²) < 4.78 is 32.0. The Balaban J connectivity index is 1.76. The molecule has 25 heavy (non-hydrogen) atoms. The third-order valence-corrected chi connectivity index (χ3v) is 5.36. The van der Waals surface area contributed by atoms with E-state index in [-0.39, 0.29) is 22.6 Å². The second-order valence-electron chi connectivity index (χ2n) is 5.56. The van der Waals surface area contributed by atoms with Crippen molar-refractivity contribution in [1.82, 2.24) is 4.72 Å². The van der Waals surface area contributed by atoms with E-state index >= 15 is 0 Å². The van der Waals surface area contributed by atoms with Crippen molar-refractivity contribution in [2.45, 2.75) is 11.0 Å². The maximum atomic E-state index is 12.3. The molecule has 0 spiro atoms. The molecule has 1 atom stereocenters. The Morgan fingerprint density at radius 3 is 2.44 bits per heavy atom. The van der Waals surface area contributed by atoms with Crippen LogP contribution in [-0.2, 0) is 14.7 Å². The zero-order valence-corrected chi connectivity index (χ0v) is 13.6. The number of rotatable bonds is 5. The molecular formula is C14H14BN2O7S-. The van der Waals surface area contributed by atoms with Crippen molar-refractivity contribution in [2.75, 3.05) is 6.54 Å². The minimum absolute atomic E-state index is 0.144. The molecule has 0 radical (unpaired) electrons. The number of hydrogen-bond acceptors (Lipinski definition) is 7. The second-order valence-corrected chi connectivity index (χ2v) is 7.33. The molecule has 2 aromatic rings. The van der Waals surface area contributed by atoms with Gasteiger partial charge in [-0.1, -0.05) is 24.3 Å². The Kier molecular flexibility index (Phi) is 4.35. The maximum Gasteiger partial charge on any atom is 0.405 e. The molecule has 1 aliphatic rings. The summed E-state index contributed by atoms with van der Waals surface area (Å²) in [4.78, 5) is 9.85. The van der Waals surface area contributed by atoms with E-state index < -0.39 is 27.8 Å². The molecule has 0 unspecified atom stereocenters. The largest absolute Gasteiger partial charge is 0.556 e. The van der Waals surface area contributed by atoms with E-state index in [4.69, 9.17) is 4.65 Å². The van der Waals surface area contributed by atoms with Crippen molar-refractivity contribution >= 4 is 27.9 Å². The van der Waals surface area contributed by atoms with Crippen LogP contribution in [0.15, 0.2) is 53.4 Å². The van der Waals surface area contributed by atoms with Crippen LogP contribution in [0.4, 0.5) is 5.69 Å². The molecule has 0 aliphatic carbocycles. The first-order valence-electron chi connectivity index (χ1n) is 7.31. The van der Waals surface area contributed by atoms with Crippen LogP contribution >= 0.6 is 0 Å². The van der Waals surface area contributed by atoms with E-state index in [1.54, 1.807) is 18.2 Å². The van der Waals surface area contributed by atoms with Crippen molar-refractivity contribution in [2.24, 2.45) is 0 Å². The summed E-state index contributed by atoms with van der Waals surface area (Å²) in [5, 5.41) is 30.4. The van der Waals surface area contributed by atoms with Gasteiger partial charge >= 0.3 is 6.75 Å². The van der Waals surface area contributed by atoms with Gasteiger partial charge in [-0.15, -0.1) is 5.46 Å². The van der Waals surface area contributed by atoms with E-state index in [0.29, 0.717) is 5.56 Å². The smallest absolute Gasteiger partial charge is 0.405 e. The predicted octanol–water partition coefficient (Wildman–Crippen LogP) is -0.225. The number of nitro benzene ring substituents is 1. The third-order valence-electron chi connectivity index (χ3n) is 3.92. The van der Waals surface area contributed by atoms with Crippen molar-refractivity contribution in [1.29, 1.82) is 0 Å². The summed E-state index contributed by atoms with van der Waals surface area (Å²) in [6, 6.07) is 10.8. The summed E-state index contributed by atoms with van der Waals surface area (Å²) in [5.74, 6) is 0. The Morgan fingerprint density at radius 2 is 1.80 bits per heavy atom. The van der Waals surface area contributed by atoms with Crippen LogP contribution in [-0.4, -0.2) is 36.7 Å². The second kappa shape index (κ2) is 6.21. The van der Waals surface area contributed by atoms with E-state index in [2.05, 4.69) is 4.72 Å². The van der Waals surface area contributed by atoms with Crippen LogP contribution < -0.4 is 10.2 Å². The highest BCUT2D eigenvalue weighted by molar-refractivity contribution is 7.89. The van der Waals surface area contributed by atoms with Gasteiger partial charge in [0.2, 0.25) is 10.0 Å². The molecule has 0 amide bonds. The minimum Gasteiger partial charge on any atom is -0.556 e. The first-order valence-corrected chi connectivity index (χ1v) is 8.79. The van der Waals surface area contributed by atoms with Gasteiger partial charge in [0, 0.05) is 18.7 Å². The number of nitro groups is 1. The average Bonchev–Trinajstić information content (AvgIpc) is 2.84. The number of hydrogen-bond donors (Lipinski definition) is 3. The predicted molar refractivity (Wildman–Crippen MR) is 88.4 cm³/mol. The quantitative estimate of drug-likeness (QED) is 0.378. The molecule has 11 heteroatoms. The average molecular weight is 365 g/mol. The van der Waals surface area contributed by atoms with Crippen LogP contribution in [0.25, 0.3) is 0 Å². The van der Waals surface area contributed by atoms with Crippen LogP contribution in [0.3, 0.4) is 0 Å². The van der Waals surface area contributed by atoms with Gasteiger partial charge in [-0.3, -0.25) is 10.1 Å². The summed E-state index contributed by atoms with van der Waals surface area (Å²) in [6.07, 6.45) is -0.862. The van der Waals surface area contributed by atoms with E-state index in [1.165, 1.54) is 6.07 Å². The van der Waals surface area contributed by atoms with Gasteiger partial charge in [-0.2, -0.15) is 0 Å². The third kappa shape index (κ3) is 3.41. The molecule has 0 aromatic heterocycles. The Hall–Kier alpha value is -2.31. The molecule has 0 saturated carbocycles. The molecule has 0 saturated heterocycles. The normalized spacial score (nSPS) is 18.7. The Labute approximate surface area is 143 Å². The lowest BCUT2D eigenvalue weighted by Gasteiger charge is -2.25. The summed E-state index contributed by atoms with van der Waals surface area (Å²) in [7, 11) is -3.94. The van der Waals surface area contributed by atoms with Gasteiger partial charge in [0.15, 0.2) is 0 Å². The lowest BCUT2D eigenvalue weighted by atomic mass is 9.71. The first-order chi connectivity index (χ1) is 11.7. The molecule has 1 heterocycles. The minimum atomic E-state index is -3.94. The molecule has 0 fully saturated rings. The van der Waals surface area contributed by atoms with E-state index in [1.807, 2.05) is 0 Å². The molecule has 3 rings (SSSR count). The first kappa shape index (κ1) is 17.5. The maximum absolute atomic E-state index is 12.3. The van der Waals surface area contributed by atoms with Gasteiger partial charge in [0.25, 0.3) is 5.69 Å². The Morgan fingerprint density at radius 1 is 1.16 bits per heavy atom. The standard InChI is InChI=1S/C14H14BN2O7S/c18-15(19)13-4-2-1-3-12(13)14(24-15)9-16-25(22,23)11-7-5-10(6-8-11)17(20)21/h1-8,14,16,18-19H,9H2/q-1/t14-/m1/s1. The van der Waals surface area contributed by atoms with Gasteiger partial charge in [-0.25, -0.2) is 13.1 Å². The van der Waals surface area contributed by atoms with Gasteiger partial charge in [0.05, 0.1) is 15.9 Å². The van der Waals surface area contributed by atoms with Crippen molar-refractivity contribution in [3.05, 3.63) is 64.2 Å². The fraction of sp³-hybridized carbons (Fsp3) is 0.143. The van der Waals surface area contributed by atoms with E-state index in [0.717, 1.165) is 24.3 Å². The summed E-state index contributed by atoms with van der Waals surface area (Å²) in [6.45, 7) is -3.40. The van der Waals surface area contributed by atoms with E-state index in [9.17, 15) is 28.6 Å². The summed E-state index contributed by atoms with van der Waals surface area (Å²) in [5.41, 5.74) is 0.473. The monoisotopic (exact) mass is 365 g/mol. The van der Waals surface area contributed by atoms with Crippen LogP contribution in [0.2, 0.25) is 0 Å². The molecule has 3 N–H and O–H groups in total. The van der Waals surface area contributed by atoms with Crippen molar-refractivity contribution < 1.29 is 28.0 Å². The highest BCUT2D eigenvalue weighted by Gasteiger charge is 2.37. The lowest BCUT2D eigenvalue weighted by Crippen LogP contribution is -2.47. The van der Waals surface area contributed by atoms with Gasteiger partial charge < -0.3 is 14.7 Å². The number of nitrogens with one attached hydrogen (secondary N) is 1.